The van der Waals surface area contributed by atoms with E-state index in [0.29, 0.717) is 13.2 Å². The summed E-state index contributed by atoms with van der Waals surface area (Å²) in [5.41, 5.74) is 0.837. The van der Waals surface area contributed by atoms with Crippen LogP contribution in [0.15, 0.2) is 30.3 Å². The van der Waals surface area contributed by atoms with E-state index in [0.717, 1.165) is 5.69 Å². The molecule has 1 aromatic carbocycles. The SMILES string of the molecule is CCOC(=O)[C@@H]1CC(=O)N(c2ccccc2)C1. The van der Waals surface area contributed by atoms with Crippen molar-refractivity contribution in [3.05, 3.63) is 30.3 Å². The van der Waals surface area contributed by atoms with Crippen LogP contribution in [0.1, 0.15) is 13.3 Å². The molecule has 0 aliphatic carbocycles. The first-order valence-electron chi connectivity index (χ1n) is 5.74. The highest BCUT2D eigenvalue weighted by molar-refractivity contribution is 5.99. The molecule has 4 heteroatoms. The average molecular weight is 233 g/mol. The second-order valence-electron chi connectivity index (χ2n) is 3.99. The van der Waals surface area contributed by atoms with Gasteiger partial charge in [0.05, 0.1) is 12.5 Å². The zero-order valence-electron chi connectivity index (χ0n) is 9.76. The molecule has 1 atom stereocenters. The molecule has 1 fully saturated rings. The maximum atomic E-state index is 11.8. The van der Waals surface area contributed by atoms with E-state index in [1.165, 1.54) is 0 Å². The van der Waals surface area contributed by atoms with Crippen LogP contribution in [0.5, 0.6) is 0 Å². The molecule has 1 saturated heterocycles. The van der Waals surface area contributed by atoms with Crippen LogP contribution in [0.2, 0.25) is 0 Å². The van der Waals surface area contributed by atoms with Gasteiger partial charge < -0.3 is 9.64 Å². The summed E-state index contributed by atoms with van der Waals surface area (Å²) in [6.45, 7) is 2.54. The Morgan fingerprint density at radius 2 is 2.12 bits per heavy atom. The molecular weight excluding hydrogens is 218 g/mol. The fourth-order valence-corrected chi connectivity index (χ4v) is 1.98. The third-order valence-corrected chi connectivity index (χ3v) is 2.81. The van der Waals surface area contributed by atoms with Gasteiger partial charge in [-0.25, -0.2) is 0 Å². The van der Waals surface area contributed by atoms with Crippen LogP contribution in [0.3, 0.4) is 0 Å². The summed E-state index contributed by atoms with van der Waals surface area (Å²) in [6.07, 6.45) is 0.244. The Morgan fingerprint density at radius 1 is 1.41 bits per heavy atom. The van der Waals surface area contributed by atoms with Gasteiger partial charge in [0.25, 0.3) is 0 Å². The van der Waals surface area contributed by atoms with Gasteiger partial charge in [0.2, 0.25) is 5.91 Å². The van der Waals surface area contributed by atoms with Gasteiger partial charge in [-0.05, 0) is 19.1 Å². The van der Waals surface area contributed by atoms with E-state index in [1.54, 1.807) is 11.8 Å². The maximum Gasteiger partial charge on any atom is 0.311 e. The standard InChI is InChI=1S/C13H15NO3/c1-2-17-13(16)10-8-12(15)14(9-10)11-6-4-3-5-7-11/h3-7,10H,2,8-9H2,1H3/t10-/m1/s1. The van der Waals surface area contributed by atoms with E-state index in [4.69, 9.17) is 4.74 Å². The van der Waals surface area contributed by atoms with Gasteiger partial charge in [0.15, 0.2) is 0 Å². The number of nitrogens with zero attached hydrogens (tertiary/aromatic N) is 1. The fraction of sp³-hybridized carbons (Fsp3) is 0.385. The number of esters is 1. The average Bonchev–Trinajstić information content (AvgIpc) is 2.73. The number of amides is 1. The molecule has 90 valence electrons. The van der Waals surface area contributed by atoms with Crippen molar-refractivity contribution in [2.45, 2.75) is 13.3 Å². The highest BCUT2D eigenvalue weighted by Crippen LogP contribution is 2.25. The highest BCUT2D eigenvalue weighted by Gasteiger charge is 2.35. The van der Waals surface area contributed by atoms with Crippen LogP contribution in [0, 0.1) is 5.92 Å². The third kappa shape index (κ3) is 2.46. The molecule has 0 unspecified atom stereocenters. The van der Waals surface area contributed by atoms with E-state index in [-0.39, 0.29) is 24.2 Å². The summed E-state index contributed by atoms with van der Waals surface area (Å²) >= 11 is 0. The lowest BCUT2D eigenvalue weighted by molar-refractivity contribution is -0.147. The molecule has 0 radical (unpaired) electrons. The molecule has 1 amide bonds. The summed E-state index contributed by atoms with van der Waals surface area (Å²) in [4.78, 5) is 25.0. The molecule has 0 aromatic heterocycles. The molecule has 1 aromatic rings. The predicted octanol–water partition coefficient (Wildman–Crippen LogP) is 1.60. The number of para-hydroxylation sites is 1. The van der Waals surface area contributed by atoms with Crippen molar-refractivity contribution >= 4 is 17.6 Å². The van der Waals surface area contributed by atoms with Crippen molar-refractivity contribution in [3.63, 3.8) is 0 Å². The molecule has 17 heavy (non-hydrogen) atoms. The minimum atomic E-state index is -0.331. The Balaban J connectivity index is 2.08. The van der Waals surface area contributed by atoms with E-state index in [1.807, 2.05) is 30.3 Å². The number of carbonyl (C=O) groups is 2. The molecule has 0 saturated carbocycles. The Labute approximate surface area is 100 Å². The number of anilines is 1. The second-order valence-corrected chi connectivity index (χ2v) is 3.99. The molecular formula is C13H15NO3. The van der Waals surface area contributed by atoms with Crippen molar-refractivity contribution in [1.29, 1.82) is 0 Å². The first-order chi connectivity index (χ1) is 8.22. The number of ether oxygens (including phenoxy) is 1. The van der Waals surface area contributed by atoms with Crippen LogP contribution in [0.25, 0.3) is 0 Å². The lowest BCUT2D eigenvalue weighted by atomic mass is 10.1. The van der Waals surface area contributed by atoms with Crippen LogP contribution >= 0.6 is 0 Å². The van der Waals surface area contributed by atoms with Crippen molar-refractivity contribution in [2.75, 3.05) is 18.1 Å². The first-order valence-corrected chi connectivity index (χ1v) is 5.74. The molecule has 2 rings (SSSR count). The predicted molar refractivity (Wildman–Crippen MR) is 63.5 cm³/mol. The second kappa shape index (κ2) is 4.99. The summed E-state index contributed by atoms with van der Waals surface area (Å²) in [5, 5.41) is 0. The normalized spacial score (nSPS) is 19.5. The highest BCUT2D eigenvalue weighted by atomic mass is 16.5. The number of hydrogen-bond acceptors (Lipinski definition) is 3. The Hall–Kier alpha value is -1.84. The summed E-state index contributed by atoms with van der Waals surface area (Å²) in [6, 6.07) is 9.38. The van der Waals surface area contributed by atoms with E-state index < -0.39 is 0 Å². The van der Waals surface area contributed by atoms with Gasteiger partial charge in [-0.3, -0.25) is 9.59 Å². The first kappa shape index (κ1) is 11.6. The minimum absolute atomic E-state index is 0.0192. The number of hydrogen-bond donors (Lipinski definition) is 0. The number of benzene rings is 1. The van der Waals surface area contributed by atoms with Gasteiger partial charge in [-0.2, -0.15) is 0 Å². The molecule has 1 aliphatic heterocycles. The van der Waals surface area contributed by atoms with Crippen molar-refractivity contribution in [2.24, 2.45) is 5.92 Å². The van der Waals surface area contributed by atoms with Gasteiger partial charge in [0, 0.05) is 18.7 Å². The lowest BCUT2D eigenvalue weighted by Gasteiger charge is -2.16. The van der Waals surface area contributed by atoms with Crippen molar-refractivity contribution in [3.8, 4) is 0 Å². The molecule has 0 N–H and O–H groups in total. The quantitative estimate of drug-likeness (QED) is 0.745. The number of carbonyl (C=O) groups excluding carboxylic acids is 2. The van der Waals surface area contributed by atoms with Gasteiger partial charge in [-0.15, -0.1) is 0 Å². The third-order valence-electron chi connectivity index (χ3n) is 2.81. The Morgan fingerprint density at radius 3 is 2.76 bits per heavy atom. The van der Waals surface area contributed by atoms with Crippen LogP contribution in [-0.4, -0.2) is 25.0 Å². The van der Waals surface area contributed by atoms with Gasteiger partial charge in [-0.1, -0.05) is 18.2 Å². The molecule has 0 bridgehead atoms. The van der Waals surface area contributed by atoms with Crippen LogP contribution in [-0.2, 0) is 14.3 Å². The Kier molecular flexibility index (Phi) is 3.42. The van der Waals surface area contributed by atoms with Gasteiger partial charge >= 0.3 is 5.97 Å². The summed E-state index contributed by atoms with van der Waals surface area (Å²) in [5.74, 6) is -0.629. The lowest BCUT2D eigenvalue weighted by Crippen LogP contribution is -2.26. The largest absolute Gasteiger partial charge is 0.466 e. The Bertz CT molecular complexity index is 416. The topological polar surface area (TPSA) is 46.6 Å². The van der Waals surface area contributed by atoms with E-state index in [9.17, 15) is 9.59 Å². The van der Waals surface area contributed by atoms with Crippen molar-refractivity contribution in [1.82, 2.24) is 0 Å². The zero-order chi connectivity index (χ0) is 12.3. The number of rotatable bonds is 3. The summed E-state index contributed by atoms with van der Waals surface area (Å²) in [7, 11) is 0. The monoisotopic (exact) mass is 233 g/mol. The van der Waals surface area contributed by atoms with Crippen LogP contribution in [0.4, 0.5) is 5.69 Å². The zero-order valence-corrected chi connectivity index (χ0v) is 9.76. The smallest absolute Gasteiger partial charge is 0.311 e. The molecule has 1 heterocycles. The molecule has 4 nitrogen and oxygen atoms in total. The van der Waals surface area contributed by atoms with Crippen LogP contribution < -0.4 is 4.90 Å². The van der Waals surface area contributed by atoms with Gasteiger partial charge in [0.1, 0.15) is 0 Å². The molecule has 0 spiro atoms. The summed E-state index contributed by atoms with van der Waals surface area (Å²) < 4.78 is 4.94. The fourth-order valence-electron chi connectivity index (χ4n) is 1.98. The minimum Gasteiger partial charge on any atom is -0.466 e. The van der Waals surface area contributed by atoms with E-state index in [2.05, 4.69) is 0 Å². The van der Waals surface area contributed by atoms with Crippen molar-refractivity contribution < 1.29 is 14.3 Å². The van der Waals surface area contributed by atoms with E-state index >= 15 is 0 Å². The maximum absolute atomic E-state index is 11.8. The molecule has 1 aliphatic rings.